The van der Waals surface area contributed by atoms with Crippen molar-refractivity contribution in [2.75, 3.05) is 18.4 Å². The molecular formula is C18H28N6OS. The van der Waals surface area contributed by atoms with Gasteiger partial charge in [0.25, 0.3) is 0 Å². The molecule has 0 unspecified atom stereocenters. The van der Waals surface area contributed by atoms with Gasteiger partial charge < -0.3 is 15.5 Å². The molecule has 2 amide bonds. The summed E-state index contributed by atoms with van der Waals surface area (Å²) in [6.07, 6.45) is 7.99. The zero-order valence-electron chi connectivity index (χ0n) is 15.6. The summed E-state index contributed by atoms with van der Waals surface area (Å²) in [6, 6.07) is 0.881. The van der Waals surface area contributed by atoms with E-state index in [9.17, 15) is 4.79 Å². The van der Waals surface area contributed by atoms with E-state index in [0.717, 1.165) is 59.9 Å². The maximum absolute atomic E-state index is 12.5. The Labute approximate surface area is 158 Å². The van der Waals surface area contributed by atoms with Crippen LogP contribution in [0.2, 0.25) is 0 Å². The monoisotopic (exact) mass is 376 g/mol. The lowest BCUT2D eigenvalue weighted by molar-refractivity contribution is 0.176. The van der Waals surface area contributed by atoms with E-state index in [2.05, 4.69) is 20.7 Å². The van der Waals surface area contributed by atoms with Crippen LogP contribution in [-0.4, -0.2) is 50.9 Å². The first-order valence-electron chi connectivity index (χ1n) is 9.72. The number of amides is 2. The Kier molecular flexibility index (Phi) is 5.02. The number of thiazole rings is 1. The molecule has 4 rings (SSSR count). The van der Waals surface area contributed by atoms with Gasteiger partial charge in [-0.1, -0.05) is 30.6 Å². The summed E-state index contributed by atoms with van der Waals surface area (Å²) >= 11 is 1.67. The number of aryl methyl sites for hydroxylation is 2. The van der Waals surface area contributed by atoms with Crippen LogP contribution < -0.4 is 10.6 Å². The summed E-state index contributed by atoms with van der Waals surface area (Å²) < 4.78 is 2.99. The molecule has 2 aromatic heterocycles. The van der Waals surface area contributed by atoms with Crippen LogP contribution in [0, 0.1) is 6.92 Å². The fourth-order valence-corrected chi connectivity index (χ4v) is 5.07. The van der Waals surface area contributed by atoms with Gasteiger partial charge in [-0.3, -0.25) is 0 Å². The molecule has 8 heteroatoms. The SMILES string of the molecule is Cc1nn(C)c2nc(NC3CCN(C(=O)NC4CCCCC4)CC3)sc12. The quantitative estimate of drug-likeness (QED) is 0.862. The number of piperidine rings is 1. The number of nitrogens with zero attached hydrogens (tertiary/aromatic N) is 4. The molecule has 0 radical (unpaired) electrons. The number of anilines is 1. The zero-order chi connectivity index (χ0) is 18.1. The van der Waals surface area contributed by atoms with E-state index in [-0.39, 0.29) is 6.03 Å². The second kappa shape index (κ2) is 7.42. The molecule has 0 spiro atoms. The number of carbonyl (C=O) groups excluding carboxylic acids is 1. The molecule has 7 nitrogen and oxygen atoms in total. The van der Waals surface area contributed by atoms with Crippen molar-refractivity contribution in [1.29, 1.82) is 0 Å². The fourth-order valence-electron chi connectivity index (χ4n) is 4.06. The van der Waals surface area contributed by atoms with E-state index in [1.165, 1.54) is 19.3 Å². The lowest BCUT2D eigenvalue weighted by Gasteiger charge is -2.34. The van der Waals surface area contributed by atoms with Gasteiger partial charge >= 0.3 is 6.03 Å². The Bertz CT molecular complexity index is 736. The highest BCUT2D eigenvalue weighted by molar-refractivity contribution is 7.22. The van der Waals surface area contributed by atoms with Crippen molar-refractivity contribution >= 4 is 32.8 Å². The van der Waals surface area contributed by atoms with Crippen LogP contribution in [0.4, 0.5) is 9.93 Å². The number of hydrogen-bond donors (Lipinski definition) is 2. The van der Waals surface area contributed by atoms with Crippen LogP contribution in [0.25, 0.3) is 10.3 Å². The molecule has 3 heterocycles. The molecule has 1 aliphatic carbocycles. The average Bonchev–Trinajstić information content (AvgIpc) is 3.17. The first kappa shape index (κ1) is 17.6. The minimum absolute atomic E-state index is 0.122. The number of urea groups is 1. The van der Waals surface area contributed by atoms with E-state index in [1.807, 2.05) is 23.6 Å². The highest BCUT2D eigenvalue weighted by atomic mass is 32.1. The Morgan fingerprint density at radius 2 is 1.85 bits per heavy atom. The Morgan fingerprint density at radius 1 is 1.12 bits per heavy atom. The van der Waals surface area contributed by atoms with Gasteiger partial charge in [0.1, 0.15) is 0 Å². The number of hydrogen-bond acceptors (Lipinski definition) is 5. The predicted octanol–water partition coefficient (Wildman–Crippen LogP) is 3.26. The van der Waals surface area contributed by atoms with Crippen LogP contribution in [0.3, 0.4) is 0 Å². The third-order valence-electron chi connectivity index (χ3n) is 5.59. The van der Waals surface area contributed by atoms with Crippen LogP contribution in [0.15, 0.2) is 0 Å². The topological polar surface area (TPSA) is 75.1 Å². The van der Waals surface area contributed by atoms with Gasteiger partial charge in [0.05, 0.1) is 10.4 Å². The number of nitrogens with one attached hydrogen (secondary N) is 2. The number of rotatable bonds is 3. The normalized spacial score (nSPS) is 19.8. The number of fused-ring (bicyclic) bond motifs is 1. The molecule has 0 aromatic carbocycles. The van der Waals surface area contributed by atoms with Gasteiger partial charge in [-0.25, -0.2) is 14.5 Å². The van der Waals surface area contributed by atoms with E-state index in [0.29, 0.717) is 12.1 Å². The number of carbonyl (C=O) groups is 1. The molecule has 2 N–H and O–H groups in total. The standard InChI is InChI=1S/C18H28N6OS/c1-12-15-16(23(2)22-12)21-17(26-15)19-14-8-10-24(11-9-14)18(25)20-13-6-4-3-5-7-13/h13-14H,3-11H2,1-2H3,(H,19,21)(H,20,25). The predicted molar refractivity (Wildman–Crippen MR) is 105 cm³/mol. The van der Waals surface area contributed by atoms with E-state index < -0.39 is 0 Å². The summed E-state index contributed by atoms with van der Waals surface area (Å²) in [4.78, 5) is 19.1. The smallest absolute Gasteiger partial charge is 0.317 e. The zero-order valence-corrected chi connectivity index (χ0v) is 16.4. The minimum Gasteiger partial charge on any atom is -0.359 e. The summed E-state index contributed by atoms with van der Waals surface area (Å²) in [5.74, 6) is 0. The Hall–Kier alpha value is -1.83. The highest BCUT2D eigenvalue weighted by Gasteiger charge is 2.25. The van der Waals surface area contributed by atoms with Gasteiger partial charge in [0.2, 0.25) is 0 Å². The molecular weight excluding hydrogens is 348 g/mol. The molecule has 1 saturated carbocycles. The minimum atomic E-state index is 0.122. The first-order chi connectivity index (χ1) is 12.6. The molecule has 0 bridgehead atoms. The lowest BCUT2D eigenvalue weighted by Crippen LogP contribution is -2.49. The van der Waals surface area contributed by atoms with Gasteiger partial charge in [0, 0.05) is 32.2 Å². The second-order valence-electron chi connectivity index (χ2n) is 7.57. The molecule has 2 aromatic rings. The first-order valence-corrected chi connectivity index (χ1v) is 10.5. The fraction of sp³-hybridized carbons (Fsp3) is 0.722. The van der Waals surface area contributed by atoms with Gasteiger partial charge in [-0.15, -0.1) is 0 Å². The maximum atomic E-state index is 12.5. The van der Waals surface area contributed by atoms with Crippen molar-refractivity contribution in [3.8, 4) is 0 Å². The van der Waals surface area contributed by atoms with E-state index >= 15 is 0 Å². The van der Waals surface area contributed by atoms with Crippen LogP contribution >= 0.6 is 11.3 Å². The van der Waals surface area contributed by atoms with E-state index in [4.69, 9.17) is 0 Å². The Balaban J connectivity index is 1.28. The number of aromatic nitrogens is 3. The molecule has 2 fully saturated rings. The summed E-state index contributed by atoms with van der Waals surface area (Å²) in [6.45, 7) is 3.64. The van der Waals surface area contributed by atoms with Crippen molar-refractivity contribution < 1.29 is 4.79 Å². The largest absolute Gasteiger partial charge is 0.359 e. The Morgan fingerprint density at radius 3 is 2.54 bits per heavy atom. The molecule has 2 aliphatic rings. The van der Waals surface area contributed by atoms with Crippen LogP contribution in [0.5, 0.6) is 0 Å². The van der Waals surface area contributed by atoms with Crippen molar-refractivity contribution in [2.45, 2.75) is 64.0 Å². The van der Waals surface area contributed by atoms with E-state index in [1.54, 1.807) is 11.3 Å². The third-order valence-corrected chi connectivity index (χ3v) is 6.67. The maximum Gasteiger partial charge on any atom is 0.317 e. The van der Waals surface area contributed by atoms with Gasteiger partial charge in [-0.2, -0.15) is 5.10 Å². The van der Waals surface area contributed by atoms with Crippen molar-refractivity contribution in [3.63, 3.8) is 0 Å². The van der Waals surface area contributed by atoms with Crippen molar-refractivity contribution in [2.24, 2.45) is 7.05 Å². The average molecular weight is 377 g/mol. The second-order valence-corrected chi connectivity index (χ2v) is 8.57. The molecule has 1 aliphatic heterocycles. The van der Waals surface area contributed by atoms with Gasteiger partial charge in [-0.05, 0) is 32.6 Å². The molecule has 142 valence electrons. The summed E-state index contributed by atoms with van der Waals surface area (Å²) in [5.41, 5.74) is 1.97. The van der Waals surface area contributed by atoms with Crippen molar-refractivity contribution in [3.05, 3.63) is 5.69 Å². The summed E-state index contributed by atoms with van der Waals surface area (Å²) in [5, 5.41) is 12.1. The highest BCUT2D eigenvalue weighted by Crippen LogP contribution is 2.29. The molecule has 1 saturated heterocycles. The van der Waals surface area contributed by atoms with Crippen LogP contribution in [0.1, 0.15) is 50.6 Å². The van der Waals surface area contributed by atoms with Gasteiger partial charge in [0.15, 0.2) is 10.8 Å². The third kappa shape index (κ3) is 3.65. The van der Waals surface area contributed by atoms with Crippen LogP contribution in [-0.2, 0) is 7.05 Å². The lowest BCUT2D eigenvalue weighted by atomic mass is 9.95. The molecule has 26 heavy (non-hydrogen) atoms. The van der Waals surface area contributed by atoms with Crippen molar-refractivity contribution in [1.82, 2.24) is 25.0 Å². The number of likely N-dealkylation sites (tertiary alicyclic amines) is 1. The summed E-state index contributed by atoms with van der Waals surface area (Å²) in [7, 11) is 1.93. The molecule has 0 atom stereocenters.